The number of aromatic carboxylic acids is 1. The molecule has 0 atom stereocenters. The summed E-state index contributed by atoms with van der Waals surface area (Å²) in [4.78, 5) is 25.3. The lowest BCUT2D eigenvalue weighted by Crippen LogP contribution is -2.46. The molecule has 5 heteroatoms. The zero-order valence-corrected chi connectivity index (χ0v) is 11.8. The van der Waals surface area contributed by atoms with E-state index in [9.17, 15) is 9.59 Å². The molecule has 5 nitrogen and oxygen atoms in total. The summed E-state index contributed by atoms with van der Waals surface area (Å²) in [5.41, 5.74) is 7.05. The van der Waals surface area contributed by atoms with Crippen molar-refractivity contribution in [2.75, 3.05) is 18.0 Å². The van der Waals surface area contributed by atoms with Gasteiger partial charge in [-0.1, -0.05) is 0 Å². The molecule has 1 aliphatic rings. The highest BCUT2D eigenvalue weighted by Gasteiger charge is 2.33. The number of nitrogens with zero attached hydrogens (tertiary/aromatic N) is 1. The first kappa shape index (κ1) is 14.5. The average molecular weight is 276 g/mol. The van der Waals surface area contributed by atoms with Gasteiger partial charge >= 0.3 is 5.97 Å². The molecule has 20 heavy (non-hydrogen) atoms. The second kappa shape index (κ2) is 5.25. The van der Waals surface area contributed by atoms with Crippen LogP contribution in [0.15, 0.2) is 18.2 Å². The maximum absolute atomic E-state index is 12.6. The molecule has 2 rings (SSSR count). The predicted octanol–water partition coefficient (Wildman–Crippen LogP) is 1.65. The summed E-state index contributed by atoms with van der Waals surface area (Å²) in [5.74, 6) is -0.956. The lowest BCUT2D eigenvalue weighted by Gasteiger charge is -2.35. The van der Waals surface area contributed by atoms with E-state index >= 15 is 0 Å². The normalized spacial score (nSPS) is 14.8. The lowest BCUT2D eigenvalue weighted by atomic mass is 9.89. The third-order valence-electron chi connectivity index (χ3n) is 3.78. The zero-order valence-electron chi connectivity index (χ0n) is 11.8. The fraction of sp³-hybridized carbons (Fsp3) is 0.467. The third kappa shape index (κ3) is 2.54. The van der Waals surface area contributed by atoms with Crippen molar-refractivity contribution in [1.29, 1.82) is 0 Å². The van der Waals surface area contributed by atoms with E-state index in [1.165, 1.54) is 0 Å². The predicted molar refractivity (Wildman–Crippen MR) is 76.9 cm³/mol. The first-order chi connectivity index (χ1) is 9.36. The van der Waals surface area contributed by atoms with Gasteiger partial charge in [-0.15, -0.1) is 0 Å². The summed E-state index contributed by atoms with van der Waals surface area (Å²) >= 11 is 0. The Balaban J connectivity index is 2.38. The van der Waals surface area contributed by atoms with Crippen LogP contribution in [0.1, 0.15) is 36.2 Å². The van der Waals surface area contributed by atoms with Gasteiger partial charge < -0.3 is 15.7 Å². The quantitative estimate of drug-likeness (QED) is 0.879. The Morgan fingerprint density at radius 3 is 2.70 bits per heavy atom. The van der Waals surface area contributed by atoms with Gasteiger partial charge in [0, 0.05) is 18.8 Å². The molecular formula is C15H20N2O3. The van der Waals surface area contributed by atoms with Gasteiger partial charge in [-0.2, -0.15) is 0 Å². The number of amides is 1. The molecule has 0 bridgehead atoms. The Bertz CT molecular complexity index is 552. The molecule has 108 valence electrons. The number of aryl methyl sites for hydroxylation is 1. The molecule has 0 aliphatic carbocycles. The maximum Gasteiger partial charge on any atom is 0.335 e. The van der Waals surface area contributed by atoms with Gasteiger partial charge in [-0.05, 0) is 50.5 Å². The number of anilines is 1. The van der Waals surface area contributed by atoms with Gasteiger partial charge in [0.05, 0.1) is 11.0 Å². The Hall–Kier alpha value is -1.88. The molecule has 1 aromatic carbocycles. The van der Waals surface area contributed by atoms with Crippen LogP contribution in [0.4, 0.5) is 5.69 Å². The number of hydrogen-bond donors (Lipinski definition) is 2. The van der Waals surface area contributed by atoms with Crippen molar-refractivity contribution in [3.63, 3.8) is 0 Å². The Labute approximate surface area is 118 Å². The third-order valence-corrected chi connectivity index (χ3v) is 3.78. The number of benzene rings is 1. The lowest BCUT2D eigenvalue weighted by molar-refractivity contribution is -0.126. The minimum Gasteiger partial charge on any atom is -0.478 e. The van der Waals surface area contributed by atoms with Crippen LogP contribution in [0.3, 0.4) is 0 Å². The number of carboxylic acid groups (broad SMARTS) is 1. The topological polar surface area (TPSA) is 83.6 Å². The Kier molecular flexibility index (Phi) is 3.81. The monoisotopic (exact) mass is 276 g/mol. The number of hydrogen-bond acceptors (Lipinski definition) is 3. The Morgan fingerprint density at radius 2 is 2.10 bits per heavy atom. The molecule has 1 amide bonds. The van der Waals surface area contributed by atoms with Crippen LogP contribution in [-0.2, 0) is 11.2 Å². The second-order valence-electron chi connectivity index (χ2n) is 5.80. The number of fused-ring (bicyclic) bond motifs is 1. The van der Waals surface area contributed by atoms with Crippen molar-refractivity contribution in [2.24, 2.45) is 11.1 Å². The molecular weight excluding hydrogens is 256 g/mol. The number of carbonyl (C=O) groups excluding carboxylic acids is 1. The van der Waals surface area contributed by atoms with Crippen molar-refractivity contribution < 1.29 is 14.7 Å². The maximum atomic E-state index is 12.6. The van der Waals surface area contributed by atoms with Crippen molar-refractivity contribution in [3.8, 4) is 0 Å². The summed E-state index contributed by atoms with van der Waals surface area (Å²) in [6.07, 6.45) is 1.63. The van der Waals surface area contributed by atoms with E-state index < -0.39 is 11.4 Å². The molecule has 0 fully saturated rings. The highest BCUT2D eigenvalue weighted by molar-refractivity contribution is 5.99. The number of carbonyl (C=O) groups is 2. The van der Waals surface area contributed by atoms with Crippen LogP contribution in [-0.4, -0.2) is 30.1 Å². The fourth-order valence-electron chi connectivity index (χ4n) is 2.39. The summed E-state index contributed by atoms with van der Waals surface area (Å²) in [7, 11) is 0. The van der Waals surface area contributed by atoms with Crippen molar-refractivity contribution in [1.82, 2.24) is 0 Å². The highest BCUT2D eigenvalue weighted by Crippen LogP contribution is 2.31. The van der Waals surface area contributed by atoms with E-state index in [0.717, 1.165) is 24.1 Å². The molecule has 0 saturated heterocycles. The molecule has 0 saturated carbocycles. The summed E-state index contributed by atoms with van der Waals surface area (Å²) in [6, 6.07) is 4.93. The molecule has 1 heterocycles. The van der Waals surface area contributed by atoms with Gasteiger partial charge in [0.25, 0.3) is 0 Å². The van der Waals surface area contributed by atoms with Crippen LogP contribution in [0, 0.1) is 5.41 Å². The van der Waals surface area contributed by atoms with E-state index in [2.05, 4.69) is 0 Å². The fourth-order valence-corrected chi connectivity index (χ4v) is 2.39. The summed E-state index contributed by atoms with van der Waals surface area (Å²) in [6.45, 7) is 4.59. The van der Waals surface area contributed by atoms with E-state index in [1.54, 1.807) is 23.1 Å². The molecule has 0 spiro atoms. The van der Waals surface area contributed by atoms with E-state index in [1.807, 2.05) is 13.8 Å². The van der Waals surface area contributed by atoms with Crippen LogP contribution < -0.4 is 10.6 Å². The van der Waals surface area contributed by atoms with Crippen LogP contribution >= 0.6 is 0 Å². The first-order valence-electron chi connectivity index (χ1n) is 6.75. The summed E-state index contributed by atoms with van der Waals surface area (Å²) in [5, 5.41) is 9.03. The molecule has 1 aromatic rings. The second-order valence-corrected chi connectivity index (χ2v) is 5.80. The standard InChI is InChI=1S/C15H20N2O3/c1-15(2,9-16)14(20)17-7-3-4-10-8-11(13(18)19)5-6-12(10)17/h5-6,8H,3-4,7,9,16H2,1-2H3,(H,18,19). The average Bonchev–Trinajstić information content (AvgIpc) is 2.45. The summed E-state index contributed by atoms with van der Waals surface area (Å²) < 4.78 is 0. The minimum atomic E-state index is -0.946. The smallest absolute Gasteiger partial charge is 0.335 e. The molecule has 1 aliphatic heterocycles. The Morgan fingerprint density at radius 1 is 1.40 bits per heavy atom. The molecule has 0 radical (unpaired) electrons. The number of rotatable bonds is 3. The van der Waals surface area contributed by atoms with Crippen molar-refractivity contribution >= 4 is 17.6 Å². The highest BCUT2D eigenvalue weighted by atomic mass is 16.4. The molecule has 3 N–H and O–H groups in total. The van der Waals surface area contributed by atoms with Crippen molar-refractivity contribution in [2.45, 2.75) is 26.7 Å². The molecule has 0 aromatic heterocycles. The van der Waals surface area contributed by atoms with Crippen LogP contribution in [0.5, 0.6) is 0 Å². The van der Waals surface area contributed by atoms with Gasteiger partial charge in [0.15, 0.2) is 0 Å². The van der Waals surface area contributed by atoms with Crippen LogP contribution in [0.2, 0.25) is 0 Å². The molecule has 0 unspecified atom stereocenters. The first-order valence-corrected chi connectivity index (χ1v) is 6.75. The van der Waals surface area contributed by atoms with Gasteiger partial charge in [0.1, 0.15) is 0 Å². The van der Waals surface area contributed by atoms with E-state index in [-0.39, 0.29) is 18.0 Å². The van der Waals surface area contributed by atoms with Gasteiger partial charge in [-0.3, -0.25) is 4.79 Å². The zero-order chi connectivity index (χ0) is 14.9. The SMILES string of the molecule is CC(C)(CN)C(=O)N1CCCc2cc(C(=O)O)ccc21. The van der Waals surface area contributed by atoms with E-state index in [4.69, 9.17) is 10.8 Å². The number of carboxylic acids is 1. The minimum absolute atomic E-state index is 0.0102. The van der Waals surface area contributed by atoms with Gasteiger partial charge in [-0.25, -0.2) is 4.79 Å². The van der Waals surface area contributed by atoms with Crippen molar-refractivity contribution in [3.05, 3.63) is 29.3 Å². The largest absolute Gasteiger partial charge is 0.478 e. The van der Waals surface area contributed by atoms with E-state index in [0.29, 0.717) is 6.54 Å². The van der Waals surface area contributed by atoms with Crippen LogP contribution in [0.25, 0.3) is 0 Å². The number of nitrogens with two attached hydrogens (primary N) is 1. The van der Waals surface area contributed by atoms with Gasteiger partial charge in [0.2, 0.25) is 5.91 Å².